The Balaban J connectivity index is 1.94. The fraction of sp³-hybridized carbons (Fsp3) is 0.667. The summed E-state index contributed by atoms with van der Waals surface area (Å²) >= 11 is 0. The van der Waals surface area contributed by atoms with Gasteiger partial charge in [-0.25, -0.2) is 0 Å². The molecule has 0 aliphatic carbocycles. The minimum Gasteiger partial charge on any atom is -0.317 e. The van der Waals surface area contributed by atoms with Crippen LogP contribution in [0.5, 0.6) is 0 Å². The maximum atomic E-state index is 3.43. The maximum absolute atomic E-state index is 3.43. The summed E-state index contributed by atoms with van der Waals surface area (Å²) in [5, 5.41) is 3.43. The van der Waals surface area contributed by atoms with E-state index in [0.29, 0.717) is 0 Å². The normalized spacial score (nSPS) is 23.9. The first-order valence-electron chi connectivity index (χ1n) is 8.20. The molecule has 2 nitrogen and oxygen atoms in total. The number of nitrogens with zero attached hydrogens (tertiary/aromatic N) is 1. The molecule has 1 aliphatic rings. The molecule has 2 unspecified atom stereocenters. The zero-order chi connectivity index (χ0) is 14.4. The summed E-state index contributed by atoms with van der Waals surface area (Å²) < 4.78 is 0. The van der Waals surface area contributed by atoms with E-state index in [1.165, 1.54) is 30.6 Å². The molecule has 2 atom stereocenters. The summed E-state index contributed by atoms with van der Waals surface area (Å²) in [6, 6.07) is 8.96. The third-order valence-corrected chi connectivity index (χ3v) is 4.75. The Morgan fingerprint density at radius 2 is 1.90 bits per heavy atom. The van der Waals surface area contributed by atoms with Crippen molar-refractivity contribution >= 4 is 0 Å². The summed E-state index contributed by atoms with van der Waals surface area (Å²) in [4.78, 5) is 2.64. The molecule has 20 heavy (non-hydrogen) atoms. The molecule has 0 spiro atoms. The van der Waals surface area contributed by atoms with Gasteiger partial charge in [-0.05, 0) is 55.4 Å². The van der Waals surface area contributed by atoms with Gasteiger partial charge < -0.3 is 5.32 Å². The number of nitrogens with one attached hydrogen (secondary N) is 1. The lowest BCUT2D eigenvalue weighted by Crippen LogP contribution is -2.38. The first kappa shape index (κ1) is 15.5. The van der Waals surface area contributed by atoms with Crippen molar-refractivity contribution in [1.29, 1.82) is 0 Å². The molecule has 1 aliphatic heterocycles. The fourth-order valence-electron chi connectivity index (χ4n) is 3.09. The summed E-state index contributed by atoms with van der Waals surface area (Å²) in [5.74, 6) is 1.72. The highest BCUT2D eigenvalue weighted by molar-refractivity contribution is 5.27. The summed E-state index contributed by atoms with van der Waals surface area (Å²) in [5.41, 5.74) is 3.03. The second-order valence-electron chi connectivity index (χ2n) is 6.35. The number of likely N-dealkylation sites (tertiary alicyclic amines) is 1. The molecule has 1 aromatic rings. The van der Waals surface area contributed by atoms with Gasteiger partial charge in [0.25, 0.3) is 0 Å². The van der Waals surface area contributed by atoms with Gasteiger partial charge in [-0.2, -0.15) is 0 Å². The van der Waals surface area contributed by atoms with Gasteiger partial charge >= 0.3 is 0 Å². The Kier molecular flexibility index (Phi) is 6.06. The van der Waals surface area contributed by atoms with Crippen LogP contribution in [0.25, 0.3) is 0 Å². The quantitative estimate of drug-likeness (QED) is 0.801. The summed E-state index contributed by atoms with van der Waals surface area (Å²) in [6.07, 6.45) is 2.49. The average Bonchev–Trinajstić information content (AvgIpc) is 2.45. The van der Waals surface area contributed by atoms with Gasteiger partial charge in [-0.1, -0.05) is 45.0 Å². The van der Waals surface area contributed by atoms with Gasteiger partial charge in [0.15, 0.2) is 0 Å². The number of piperidine rings is 1. The minimum absolute atomic E-state index is 0.831. The van der Waals surface area contributed by atoms with Gasteiger partial charge in [-0.3, -0.25) is 4.90 Å². The van der Waals surface area contributed by atoms with E-state index in [9.17, 15) is 0 Å². The molecule has 112 valence electrons. The zero-order valence-corrected chi connectivity index (χ0v) is 13.4. The van der Waals surface area contributed by atoms with Crippen LogP contribution in [0.3, 0.4) is 0 Å². The van der Waals surface area contributed by atoms with Crippen LogP contribution in [0.2, 0.25) is 0 Å². The van der Waals surface area contributed by atoms with Crippen molar-refractivity contribution in [1.82, 2.24) is 10.2 Å². The molecule has 0 aromatic heterocycles. The van der Waals surface area contributed by atoms with Crippen molar-refractivity contribution < 1.29 is 0 Å². The first-order chi connectivity index (χ1) is 9.70. The largest absolute Gasteiger partial charge is 0.317 e. The molecule has 0 radical (unpaired) electrons. The third kappa shape index (κ3) is 4.32. The van der Waals surface area contributed by atoms with Crippen LogP contribution in [-0.4, -0.2) is 31.1 Å². The molecule has 0 amide bonds. The van der Waals surface area contributed by atoms with E-state index in [1.54, 1.807) is 0 Å². The lowest BCUT2D eigenvalue weighted by molar-refractivity contribution is 0.132. The van der Waals surface area contributed by atoms with Crippen molar-refractivity contribution in [2.45, 2.75) is 40.2 Å². The number of hydrogen-bond donors (Lipinski definition) is 1. The van der Waals surface area contributed by atoms with E-state index >= 15 is 0 Å². The van der Waals surface area contributed by atoms with Crippen molar-refractivity contribution in [3.63, 3.8) is 0 Å². The standard InChI is InChI=1S/C18H30N2/c1-4-19-11-9-17-7-5-6-8-18(17)14-20-12-10-15(2)16(3)13-20/h5-8,15-16,19H,4,9-14H2,1-3H3. The maximum Gasteiger partial charge on any atom is 0.0236 e. The van der Waals surface area contributed by atoms with Crippen molar-refractivity contribution in [2.75, 3.05) is 26.2 Å². The van der Waals surface area contributed by atoms with Gasteiger partial charge in [0, 0.05) is 13.1 Å². The molecular weight excluding hydrogens is 244 g/mol. The fourth-order valence-corrected chi connectivity index (χ4v) is 3.09. The summed E-state index contributed by atoms with van der Waals surface area (Å²) in [7, 11) is 0. The molecule has 1 saturated heterocycles. The number of likely N-dealkylation sites (N-methyl/N-ethyl adjacent to an activating group) is 1. The van der Waals surface area contributed by atoms with Crippen LogP contribution >= 0.6 is 0 Å². The smallest absolute Gasteiger partial charge is 0.0236 e. The van der Waals surface area contributed by atoms with E-state index in [1.807, 2.05) is 0 Å². The highest BCUT2D eigenvalue weighted by atomic mass is 15.1. The van der Waals surface area contributed by atoms with E-state index in [4.69, 9.17) is 0 Å². The average molecular weight is 274 g/mol. The summed E-state index contributed by atoms with van der Waals surface area (Å²) in [6.45, 7) is 12.7. The molecule has 2 heteroatoms. The topological polar surface area (TPSA) is 15.3 Å². The van der Waals surface area contributed by atoms with Crippen LogP contribution in [0.1, 0.15) is 38.3 Å². The van der Waals surface area contributed by atoms with E-state index in [2.05, 4.69) is 55.3 Å². The highest BCUT2D eigenvalue weighted by Crippen LogP contribution is 2.24. The SMILES string of the molecule is CCNCCc1ccccc1CN1CCC(C)C(C)C1. The minimum atomic E-state index is 0.831. The molecule has 0 bridgehead atoms. The Morgan fingerprint density at radius 3 is 2.60 bits per heavy atom. The second kappa shape index (κ2) is 7.80. The van der Waals surface area contributed by atoms with Gasteiger partial charge in [-0.15, -0.1) is 0 Å². The number of hydrogen-bond acceptors (Lipinski definition) is 2. The van der Waals surface area contributed by atoms with Crippen LogP contribution < -0.4 is 5.32 Å². The molecule has 0 saturated carbocycles. The van der Waals surface area contributed by atoms with E-state index in [-0.39, 0.29) is 0 Å². The van der Waals surface area contributed by atoms with Crippen LogP contribution in [-0.2, 0) is 13.0 Å². The Hall–Kier alpha value is -0.860. The Bertz CT molecular complexity index is 402. The van der Waals surface area contributed by atoms with Crippen LogP contribution in [0.4, 0.5) is 0 Å². The lowest BCUT2D eigenvalue weighted by Gasteiger charge is -2.35. The highest BCUT2D eigenvalue weighted by Gasteiger charge is 2.22. The van der Waals surface area contributed by atoms with Gasteiger partial charge in [0.05, 0.1) is 0 Å². The molecule has 1 fully saturated rings. The van der Waals surface area contributed by atoms with Crippen molar-refractivity contribution in [2.24, 2.45) is 11.8 Å². The molecule has 2 rings (SSSR count). The van der Waals surface area contributed by atoms with E-state index < -0.39 is 0 Å². The number of benzene rings is 1. The van der Waals surface area contributed by atoms with E-state index in [0.717, 1.165) is 37.9 Å². The number of rotatable bonds is 6. The van der Waals surface area contributed by atoms with Crippen molar-refractivity contribution in [3.05, 3.63) is 35.4 Å². The van der Waals surface area contributed by atoms with Gasteiger partial charge in [0.2, 0.25) is 0 Å². The molecule has 1 aromatic carbocycles. The predicted molar refractivity (Wildman–Crippen MR) is 86.9 cm³/mol. The third-order valence-electron chi connectivity index (χ3n) is 4.75. The van der Waals surface area contributed by atoms with Gasteiger partial charge in [0.1, 0.15) is 0 Å². The monoisotopic (exact) mass is 274 g/mol. The molecule has 1 N–H and O–H groups in total. The Labute approximate surface area is 124 Å². The molecule has 1 heterocycles. The van der Waals surface area contributed by atoms with Crippen LogP contribution in [0.15, 0.2) is 24.3 Å². The zero-order valence-electron chi connectivity index (χ0n) is 13.4. The lowest BCUT2D eigenvalue weighted by atomic mass is 9.88. The molecular formula is C18H30N2. The Morgan fingerprint density at radius 1 is 1.15 bits per heavy atom. The predicted octanol–water partition coefficient (Wildman–Crippen LogP) is 3.32. The second-order valence-corrected chi connectivity index (χ2v) is 6.35. The first-order valence-corrected chi connectivity index (χ1v) is 8.20. The van der Waals surface area contributed by atoms with Crippen molar-refractivity contribution in [3.8, 4) is 0 Å². The van der Waals surface area contributed by atoms with Crippen LogP contribution in [0, 0.1) is 11.8 Å².